The second-order valence-corrected chi connectivity index (χ2v) is 4.72. The number of ether oxygens (including phenoxy) is 1. The molecule has 72 valence electrons. The fourth-order valence-corrected chi connectivity index (χ4v) is 2.12. The molecule has 4 heteroatoms. The van der Waals surface area contributed by atoms with Gasteiger partial charge in [0.2, 0.25) is 0 Å². The Morgan fingerprint density at radius 1 is 1.69 bits per heavy atom. The second kappa shape index (κ2) is 3.80. The molecule has 13 heavy (non-hydrogen) atoms. The lowest BCUT2D eigenvalue weighted by atomic mass is 10.0. The molecule has 1 saturated heterocycles. The fourth-order valence-electron chi connectivity index (χ4n) is 1.60. The van der Waals surface area contributed by atoms with Crippen LogP contribution in [0.25, 0.3) is 0 Å². The van der Waals surface area contributed by atoms with Gasteiger partial charge in [0.25, 0.3) is 0 Å². The molecule has 2 atom stereocenters. The van der Waals surface area contributed by atoms with E-state index in [0.29, 0.717) is 4.83 Å². The lowest BCUT2D eigenvalue weighted by Gasteiger charge is -2.25. The number of alkyl halides is 1. The molecule has 3 nitrogen and oxygen atoms in total. The molecule has 2 rings (SSSR count). The topological polar surface area (TPSA) is 27.1 Å². The zero-order valence-electron chi connectivity index (χ0n) is 7.61. The summed E-state index contributed by atoms with van der Waals surface area (Å²) in [5.74, 6) is 0. The summed E-state index contributed by atoms with van der Waals surface area (Å²) in [7, 11) is 1.93. The van der Waals surface area contributed by atoms with Crippen LogP contribution in [0.5, 0.6) is 0 Å². The number of halogens is 1. The van der Waals surface area contributed by atoms with Gasteiger partial charge in [-0.1, -0.05) is 15.9 Å². The molecule has 2 unspecified atom stereocenters. The Morgan fingerprint density at radius 2 is 2.54 bits per heavy atom. The van der Waals surface area contributed by atoms with Gasteiger partial charge in [-0.3, -0.25) is 4.68 Å². The van der Waals surface area contributed by atoms with Gasteiger partial charge in [0.15, 0.2) is 0 Å². The molecule has 1 fully saturated rings. The van der Waals surface area contributed by atoms with Crippen molar-refractivity contribution in [1.82, 2.24) is 9.78 Å². The van der Waals surface area contributed by atoms with Crippen molar-refractivity contribution in [3.8, 4) is 0 Å². The van der Waals surface area contributed by atoms with Gasteiger partial charge in [-0.25, -0.2) is 0 Å². The van der Waals surface area contributed by atoms with Crippen molar-refractivity contribution in [1.29, 1.82) is 0 Å². The first-order chi connectivity index (χ1) is 6.25. The van der Waals surface area contributed by atoms with Crippen molar-refractivity contribution < 1.29 is 4.74 Å². The summed E-state index contributed by atoms with van der Waals surface area (Å²) in [4.78, 5) is 0.589. The molecule has 0 bridgehead atoms. The normalized spacial score (nSPS) is 29.1. The van der Waals surface area contributed by atoms with Crippen LogP contribution in [-0.2, 0) is 11.8 Å². The minimum absolute atomic E-state index is 0.229. The summed E-state index contributed by atoms with van der Waals surface area (Å²) < 4.78 is 7.48. The average molecular weight is 245 g/mol. The van der Waals surface area contributed by atoms with E-state index in [4.69, 9.17) is 4.74 Å². The van der Waals surface area contributed by atoms with Crippen LogP contribution in [0.4, 0.5) is 0 Å². The monoisotopic (exact) mass is 244 g/mol. The molecule has 1 aromatic rings. The lowest BCUT2D eigenvalue weighted by Crippen LogP contribution is -2.19. The van der Waals surface area contributed by atoms with Gasteiger partial charge in [-0.2, -0.15) is 5.10 Å². The van der Waals surface area contributed by atoms with Gasteiger partial charge in [0, 0.05) is 30.2 Å². The first-order valence-electron chi connectivity index (χ1n) is 4.50. The van der Waals surface area contributed by atoms with Crippen LogP contribution in [0.15, 0.2) is 12.4 Å². The zero-order chi connectivity index (χ0) is 9.26. The predicted octanol–water partition coefficient (Wildman–Crippen LogP) is 2.04. The maximum atomic E-state index is 5.66. The lowest BCUT2D eigenvalue weighted by molar-refractivity contribution is 0.0187. The summed E-state index contributed by atoms with van der Waals surface area (Å²) in [6.45, 7) is 0.843. The summed E-state index contributed by atoms with van der Waals surface area (Å²) in [5, 5.41) is 4.14. The predicted molar refractivity (Wildman–Crippen MR) is 53.9 cm³/mol. The molecule has 0 spiro atoms. The van der Waals surface area contributed by atoms with Crippen molar-refractivity contribution in [3.63, 3.8) is 0 Å². The molecular weight excluding hydrogens is 232 g/mol. The van der Waals surface area contributed by atoms with Gasteiger partial charge < -0.3 is 4.74 Å². The Bertz CT molecular complexity index is 287. The maximum Gasteiger partial charge on any atom is 0.0866 e. The van der Waals surface area contributed by atoms with Crippen LogP contribution < -0.4 is 0 Å². The minimum Gasteiger partial charge on any atom is -0.373 e. The molecule has 0 N–H and O–H groups in total. The molecule has 1 aliphatic rings. The Balaban J connectivity index is 2.08. The minimum atomic E-state index is 0.229. The number of rotatable bonds is 1. The van der Waals surface area contributed by atoms with Gasteiger partial charge in [-0.05, 0) is 12.8 Å². The highest BCUT2D eigenvalue weighted by atomic mass is 79.9. The van der Waals surface area contributed by atoms with E-state index in [-0.39, 0.29) is 6.10 Å². The standard InChI is InChI=1S/C9H13BrN2O/c1-12-6-7(5-11-12)9-4-8(10)2-3-13-9/h5-6,8-9H,2-4H2,1H3. The summed E-state index contributed by atoms with van der Waals surface area (Å²) in [5.41, 5.74) is 1.19. The summed E-state index contributed by atoms with van der Waals surface area (Å²) in [6.07, 6.45) is 6.29. The van der Waals surface area contributed by atoms with E-state index < -0.39 is 0 Å². The highest BCUT2D eigenvalue weighted by molar-refractivity contribution is 9.09. The van der Waals surface area contributed by atoms with Gasteiger partial charge in [0.1, 0.15) is 0 Å². The van der Waals surface area contributed by atoms with E-state index in [2.05, 4.69) is 21.0 Å². The fraction of sp³-hybridized carbons (Fsp3) is 0.667. The zero-order valence-corrected chi connectivity index (χ0v) is 9.20. The number of hydrogen-bond acceptors (Lipinski definition) is 2. The van der Waals surface area contributed by atoms with Crippen molar-refractivity contribution in [2.45, 2.75) is 23.8 Å². The molecule has 1 aromatic heterocycles. The second-order valence-electron chi connectivity index (χ2n) is 3.43. The van der Waals surface area contributed by atoms with E-state index in [1.165, 1.54) is 5.56 Å². The van der Waals surface area contributed by atoms with E-state index in [9.17, 15) is 0 Å². The van der Waals surface area contributed by atoms with Crippen LogP contribution in [0.1, 0.15) is 24.5 Å². The van der Waals surface area contributed by atoms with E-state index in [1.54, 1.807) is 0 Å². The average Bonchev–Trinajstić information content (AvgIpc) is 2.52. The first kappa shape index (κ1) is 9.21. The quantitative estimate of drug-likeness (QED) is 0.708. The Hall–Kier alpha value is -0.350. The Kier molecular flexibility index (Phi) is 2.69. The van der Waals surface area contributed by atoms with E-state index >= 15 is 0 Å². The van der Waals surface area contributed by atoms with Crippen LogP contribution in [0.3, 0.4) is 0 Å². The van der Waals surface area contributed by atoms with Crippen molar-refractivity contribution in [2.75, 3.05) is 6.61 Å². The number of aromatic nitrogens is 2. The highest BCUT2D eigenvalue weighted by Crippen LogP contribution is 2.30. The smallest absolute Gasteiger partial charge is 0.0866 e. The van der Waals surface area contributed by atoms with E-state index in [0.717, 1.165) is 19.4 Å². The third-order valence-corrected chi connectivity index (χ3v) is 3.15. The van der Waals surface area contributed by atoms with Crippen LogP contribution >= 0.6 is 15.9 Å². The largest absolute Gasteiger partial charge is 0.373 e. The number of nitrogens with zero attached hydrogens (tertiary/aromatic N) is 2. The van der Waals surface area contributed by atoms with Crippen LogP contribution in [0, 0.1) is 0 Å². The van der Waals surface area contributed by atoms with Gasteiger partial charge in [-0.15, -0.1) is 0 Å². The van der Waals surface area contributed by atoms with Crippen LogP contribution in [-0.4, -0.2) is 21.2 Å². The van der Waals surface area contributed by atoms with Crippen molar-refractivity contribution >= 4 is 15.9 Å². The summed E-state index contributed by atoms with van der Waals surface area (Å²) in [6, 6.07) is 0. The molecule has 0 amide bonds. The van der Waals surface area contributed by atoms with E-state index in [1.807, 2.05) is 24.1 Å². The third kappa shape index (κ3) is 2.11. The highest BCUT2D eigenvalue weighted by Gasteiger charge is 2.22. The van der Waals surface area contributed by atoms with Gasteiger partial charge in [0.05, 0.1) is 12.3 Å². The van der Waals surface area contributed by atoms with Crippen molar-refractivity contribution in [3.05, 3.63) is 18.0 Å². The first-order valence-corrected chi connectivity index (χ1v) is 5.41. The maximum absolute atomic E-state index is 5.66. The third-order valence-electron chi connectivity index (χ3n) is 2.32. The Labute approximate surface area is 86.2 Å². The SMILES string of the molecule is Cn1cc(C2CC(Br)CCO2)cn1. The summed E-state index contributed by atoms with van der Waals surface area (Å²) >= 11 is 3.63. The molecule has 0 radical (unpaired) electrons. The van der Waals surface area contributed by atoms with Gasteiger partial charge >= 0.3 is 0 Å². The molecule has 0 aliphatic carbocycles. The van der Waals surface area contributed by atoms with Crippen molar-refractivity contribution in [2.24, 2.45) is 7.05 Å². The Morgan fingerprint density at radius 3 is 3.15 bits per heavy atom. The molecule has 0 saturated carbocycles. The van der Waals surface area contributed by atoms with Crippen LogP contribution in [0.2, 0.25) is 0 Å². The number of hydrogen-bond donors (Lipinski definition) is 0. The molecule has 1 aliphatic heterocycles. The number of aryl methyl sites for hydroxylation is 1. The molecule has 2 heterocycles. The molecular formula is C9H13BrN2O. The molecule has 0 aromatic carbocycles.